The van der Waals surface area contributed by atoms with E-state index < -0.39 is 0 Å². The van der Waals surface area contributed by atoms with Gasteiger partial charge in [-0.3, -0.25) is 4.79 Å². The van der Waals surface area contributed by atoms with E-state index >= 15 is 0 Å². The number of hydrogen-bond acceptors (Lipinski definition) is 4. The molecule has 0 unspecified atom stereocenters. The van der Waals surface area contributed by atoms with Crippen LogP contribution in [0.25, 0.3) is 0 Å². The van der Waals surface area contributed by atoms with Crippen LogP contribution in [0.1, 0.15) is 36.1 Å². The average molecular weight is 288 g/mol. The van der Waals surface area contributed by atoms with Crippen LogP contribution in [-0.2, 0) is 13.0 Å². The maximum atomic E-state index is 12.2. The van der Waals surface area contributed by atoms with Crippen molar-refractivity contribution in [3.63, 3.8) is 0 Å². The number of furan rings is 1. The van der Waals surface area contributed by atoms with E-state index in [1.54, 1.807) is 18.5 Å². The minimum absolute atomic E-state index is 0.00447. The van der Waals surface area contributed by atoms with Crippen molar-refractivity contribution in [1.82, 2.24) is 19.7 Å². The number of carbonyl (C=O) groups excluding carboxylic acids is 1. The Morgan fingerprint density at radius 2 is 2.24 bits per heavy atom. The summed E-state index contributed by atoms with van der Waals surface area (Å²) >= 11 is 0. The van der Waals surface area contributed by atoms with E-state index in [1.165, 1.54) is 6.26 Å². The molecule has 1 amide bonds. The standard InChI is InChI=1S/C15H20N4O2/c1-2-18-11-16-17-14(18)10-12-5-7-19(8-6-12)15(20)13-4-3-9-21-13/h3-4,9,11-12H,2,5-8,10H2,1H3. The normalized spacial score (nSPS) is 16.3. The third-order valence-corrected chi connectivity index (χ3v) is 4.14. The van der Waals surface area contributed by atoms with E-state index in [0.717, 1.165) is 44.7 Å². The van der Waals surface area contributed by atoms with Crippen molar-refractivity contribution in [3.8, 4) is 0 Å². The molecular weight excluding hydrogens is 268 g/mol. The molecule has 0 aliphatic carbocycles. The van der Waals surface area contributed by atoms with Crippen LogP contribution in [0.4, 0.5) is 0 Å². The first-order chi connectivity index (χ1) is 10.3. The molecule has 0 saturated carbocycles. The van der Waals surface area contributed by atoms with Crippen molar-refractivity contribution in [2.45, 2.75) is 32.7 Å². The Bertz CT molecular complexity index is 583. The van der Waals surface area contributed by atoms with E-state index in [0.29, 0.717) is 11.7 Å². The van der Waals surface area contributed by atoms with Crippen LogP contribution in [-0.4, -0.2) is 38.7 Å². The summed E-state index contributed by atoms with van der Waals surface area (Å²) in [6.07, 6.45) is 6.27. The van der Waals surface area contributed by atoms with Gasteiger partial charge < -0.3 is 13.9 Å². The fraction of sp³-hybridized carbons (Fsp3) is 0.533. The molecule has 6 nitrogen and oxygen atoms in total. The van der Waals surface area contributed by atoms with Gasteiger partial charge >= 0.3 is 0 Å². The number of aryl methyl sites for hydroxylation is 1. The number of aromatic nitrogens is 3. The van der Waals surface area contributed by atoms with E-state index in [-0.39, 0.29) is 5.91 Å². The van der Waals surface area contributed by atoms with Crippen molar-refractivity contribution >= 4 is 5.91 Å². The Hall–Kier alpha value is -2.11. The number of rotatable bonds is 4. The quantitative estimate of drug-likeness (QED) is 0.863. The van der Waals surface area contributed by atoms with Crippen LogP contribution >= 0.6 is 0 Å². The maximum Gasteiger partial charge on any atom is 0.289 e. The molecule has 1 aliphatic rings. The van der Waals surface area contributed by atoms with Crippen molar-refractivity contribution in [3.05, 3.63) is 36.3 Å². The van der Waals surface area contributed by atoms with E-state index in [1.807, 2.05) is 4.90 Å². The summed E-state index contributed by atoms with van der Waals surface area (Å²) in [7, 11) is 0. The van der Waals surface area contributed by atoms with Crippen LogP contribution in [0.15, 0.2) is 29.1 Å². The highest BCUT2D eigenvalue weighted by molar-refractivity contribution is 5.91. The van der Waals surface area contributed by atoms with Crippen molar-refractivity contribution in [2.24, 2.45) is 5.92 Å². The first-order valence-corrected chi connectivity index (χ1v) is 7.47. The Balaban J connectivity index is 1.54. The summed E-state index contributed by atoms with van der Waals surface area (Å²) in [6, 6.07) is 3.47. The molecule has 21 heavy (non-hydrogen) atoms. The minimum Gasteiger partial charge on any atom is -0.459 e. The van der Waals surface area contributed by atoms with Crippen LogP contribution in [0, 0.1) is 5.92 Å². The Morgan fingerprint density at radius 1 is 1.43 bits per heavy atom. The van der Waals surface area contributed by atoms with Crippen LogP contribution < -0.4 is 0 Å². The van der Waals surface area contributed by atoms with Crippen molar-refractivity contribution in [2.75, 3.05) is 13.1 Å². The number of amides is 1. The fourth-order valence-electron chi connectivity index (χ4n) is 2.86. The lowest BCUT2D eigenvalue weighted by Crippen LogP contribution is -2.38. The molecule has 1 fully saturated rings. The zero-order valence-corrected chi connectivity index (χ0v) is 12.2. The van der Waals surface area contributed by atoms with Crippen molar-refractivity contribution in [1.29, 1.82) is 0 Å². The first kappa shape index (κ1) is 13.9. The minimum atomic E-state index is -0.00447. The molecule has 0 N–H and O–H groups in total. The lowest BCUT2D eigenvalue weighted by Gasteiger charge is -2.31. The SMILES string of the molecule is CCn1cnnc1CC1CCN(C(=O)c2ccco2)CC1. The highest BCUT2D eigenvalue weighted by Gasteiger charge is 2.25. The highest BCUT2D eigenvalue weighted by atomic mass is 16.3. The van der Waals surface area contributed by atoms with Gasteiger partial charge in [0.1, 0.15) is 12.2 Å². The van der Waals surface area contributed by atoms with Gasteiger partial charge in [-0.15, -0.1) is 10.2 Å². The number of hydrogen-bond donors (Lipinski definition) is 0. The van der Waals surface area contributed by atoms with Gasteiger partial charge in [0, 0.05) is 26.1 Å². The van der Waals surface area contributed by atoms with Crippen LogP contribution in [0.5, 0.6) is 0 Å². The molecule has 1 saturated heterocycles. The van der Waals surface area contributed by atoms with Crippen LogP contribution in [0.3, 0.4) is 0 Å². The fourth-order valence-corrected chi connectivity index (χ4v) is 2.86. The molecule has 0 bridgehead atoms. The van der Waals surface area contributed by atoms with E-state index in [2.05, 4.69) is 21.7 Å². The monoisotopic (exact) mass is 288 g/mol. The molecule has 3 heterocycles. The summed E-state index contributed by atoms with van der Waals surface area (Å²) in [4.78, 5) is 14.1. The predicted octanol–water partition coefficient (Wildman–Crippen LogP) is 1.99. The number of likely N-dealkylation sites (tertiary alicyclic amines) is 1. The van der Waals surface area contributed by atoms with Crippen molar-refractivity contribution < 1.29 is 9.21 Å². The molecule has 0 spiro atoms. The lowest BCUT2D eigenvalue weighted by atomic mass is 9.93. The summed E-state index contributed by atoms with van der Waals surface area (Å²) in [6.45, 7) is 4.56. The van der Waals surface area contributed by atoms with Gasteiger partial charge in [-0.25, -0.2) is 0 Å². The third kappa shape index (κ3) is 2.99. The van der Waals surface area contributed by atoms with Gasteiger partial charge in [-0.05, 0) is 37.8 Å². The zero-order chi connectivity index (χ0) is 14.7. The number of nitrogens with zero attached hydrogens (tertiary/aromatic N) is 4. The van der Waals surface area contributed by atoms with Gasteiger partial charge in [0.2, 0.25) is 0 Å². The zero-order valence-electron chi connectivity index (χ0n) is 12.2. The second-order valence-electron chi connectivity index (χ2n) is 5.45. The summed E-state index contributed by atoms with van der Waals surface area (Å²) < 4.78 is 7.26. The Morgan fingerprint density at radius 3 is 2.90 bits per heavy atom. The molecule has 0 atom stereocenters. The van der Waals surface area contributed by atoms with Gasteiger partial charge in [-0.1, -0.05) is 0 Å². The van der Waals surface area contributed by atoms with Gasteiger partial charge in [0.15, 0.2) is 5.76 Å². The topological polar surface area (TPSA) is 64.2 Å². The predicted molar refractivity (Wildman–Crippen MR) is 76.7 cm³/mol. The van der Waals surface area contributed by atoms with Gasteiger partial charge in [0.05, 0.1) is 6.26 Å². The third-order valence-electron chi connectivity index (χ3n) is 4.14. The number of carbonyl (C=O) groups is 1. The molecule has 2 aromatic rings. The molecule has 6 heteroatoms. The second kappa shape index (κ2) is 6.11. The first-order valence-electron chi connectivity index (χ1n) is 7.47. The molecule has 1 aliphatic heterocycles. The largest absolute Gasteiger partial charge is 0.459 e. The summed E-state index contributed by atoms with van der Waals surface area (Å²) in [5.74, 6) is 2.04. The van der Waals surface area contributed by atoms with Crippen LogP contribution in [0.2, 0.25) is 0 Å². The molecular formula is C15H20N4O2. The Kier molecular flexibility index (Phi) is 4.03. The molecule has 2 aromatic heterocycles. The smallest absolute Gasteiger partial charge is 0.289 e. The molecule has 112 valence electrons. The molecule has 0 radical (unpaired) electrons. The highest BCUT2D eigenvalue weighted by Crippen LogP contribution is 2.22. The summed E-state index contributed by atoms with van der Waals surface area (Å²) in [5, 5.41) is 8.16. The van der Waals surface area contributed by atoms with Gasteiger partial charge in [0.25, 0.3) is 5.91 Å². The summed E-state index contributed by atoms with van der Waals surface area (Å²) in [5.41, 5.74) is 0. The van der Waals surface area contributed by atoms with E-state index in [9.17, 15) is 4.79 Å². The number of piperidine rings is 1. The second-order valence-corrected chi connectivity index (χ2v) is 5.45. The lowest BCUT2D eigenvalue weighted by molar-refractivity contribution is 0.0657. The van der Waals surface area contributed by atoms with Gasteiger partial charge in [-0.2, -0.15) is 0 Å². The molecule has 0 aromatic carbocycles. The van der Waals surface area contributed by atoms with E-state index in [4.69, 9.17) is 4.42 Å². The average Bonchev–Trinajstić information content (AvgIpc) is 3.18. The molecule has 3 rings (SSSR count). The Labute approximate surface area is 123 Å². The maximum absolute atomic E-state index is 12.2.